The first kappa shape index (κ1) is 21.3. The fraction of sp³-hybridized carbons (Fsp3) is 0.364. The highest BCUT2D eigenvalue weighted by Gasteiger charge is 2.27. The lowest BCUT2D eigenvalue weighted by atomic mass is 10.1. The first-order chi connectivity index (χ1) is 14.8. The average Bonchev–Trinajstić information content (AvgIpc) is 3.05. The van der Waals surface area contributed by atoms with Crippen molar-refractivity contribution in [2.75, 3.05) is 18.4 Å². The van der Waals surface area contributed by atoms with Crippen molar-refractivity contribution < 1.29 is 17.6 Å². The first-order valence-electron chi connectivity index (χ1n) is 10.3. The second-order valence-electron chi connectivity index (χ2n) is 7.90. The summed E-state index contributed by atoms with van der Waals surface area (Å²) in [5.41, 5.74) is 3.32. The molecule has 2 aromatic carbocycles. The largest absolute Gasteiger partial charge is 0.420 e. The fourth-order valence-corrected chi connectivity index (χ4v) is 5.31. The summed E-state index contributed by atoms with van der Waals surface area (Å²) in [5, 5.41) is 2.78. The number of hydrogen-bond donors (Lipinski definition) is 1. The van der Waals surface area contributed by atoms with Crippen LogP contribution in [-0.4, -0.2) is 36.3 Å². The van der Waals surface area contributed by atoms with Gasteiger partial charge in [0.1, 0.15) is 6.54 Å². The van der Waals surface area contributed by atoms with Crippen LogP contribution in [0.1, 0.15) is 30.4 Å². The third kappa shape index (κ3) is 4.28. The second kappa shape index (κ2) is 8.32. The summed E-state index contributed by atoms with van der Waals surface area (Å²) in [7, 11) is -3.65. The van der Waals surface area contributed by atoms with Crippen molar-refractivity contribution >= 4 is 32.7 Å². The van der Waals surface area contributed by atoms with Crippen LogP contribution >= 0.6 is 0 Å². The van der Waals surface area contributed by atoms with Crippen molar-refractivity contribution in [1.29, 1.82) is 0 Å². The molecule has 1 aliphatic rings. The van der Waals surface area contributed by atoms with Crippen molar-refractivity contribution in [2.45, 2.75) is 44.6 Å². The van der Waals surface area contributed by atoms with Crippen molar-refractivity contribution in [3.05, 3.63) is 58.1 Å². The molecule has 0 spiro atoms. The Labute approximate surface area is 180 Å². The number of carbonyl (C=O) groups excluding carboxylic acids is 1. The van der Waals surface area contributed by atoms with Crippen LogP contribution in [0.15, 0.2) is 50.5 Å². The molecule has 0 bridgehead atoms. The smallest absolute Gasteiger partial charge is 0.408 e. The molecule has 1 saturated heterocycles. The quantitative estimate of drug-likeness (QED) is 0.653. The average molecular weight is 444 g/mol. The molecule has 1 aliphatic heterocycles. The van der Waals surface area contributed by atoms with Crippen molar-refractivity contribution in [3.63, 3.8) is 0 Å². The molecule has 0 radical (unpaired) electrons. The summed E-state index contributed by atoms with van der Waals surface area (Å²) in [5.74, 6) is -1.09. The summed E-state index contributed by atoms with van der Waals surface area (Å²) < 4.78 is 33.7. The molecule has 0 unspecified atom stereocenters. The van der Waals surface area contributed by atoms with E-state index >= 15 is 0 Å². The van der Waals surface area contributed by atoms with Gasteiger partial charge in [0.2, 0.25) is 15.9 Å². The fourth-order valence-electron chi connectivity index (χ4n) is 3.77. The third-order valence-electron chi connectivity index (χ3n) is 5.68. The molecule has 0 saturated carbocycles. The minimum absolute atomic E-state index is 0.0855. The molecule has 0 atom stereocenters. The van der Waals surface area contributed by atoms with Crippen molar-refractivity contribution in [1.82, 2.24) is 8.87 Å². The molecule has 164 valence electrons. The maximum atomic E-state index is 12.9. The van der Waals surface area contributed by atoms with E-state index in [0.717, 1.165) is 30.4 Å². The molecule has 8 nitrogen and oxygen atoms in total. The van der Waals surface area contributed by atoms with E-state index in [1.807, 2.05) is 26.0 Å². The van der Waals surface area contributed by atoms with Gasteiger partial charge in [-0.25, -0.2) is 13.2 Å². The maximum Gasteiger partial charge on any atom is 0.420 e. The summed E-state index contributed by atoms with van der Waals surface area (Å²) in [6.07, 6.45) is 2.69. The predicted octanol–water partition coefficient (Wildman–Crippen LogP) is 3.02. The van der Waals surface area contributed by atoms with E-state index in [4.69, 9.17) is 4.42 Å². The van der Waals surface area contributed by atoms with Crippen LogP contribution in [0, 0.1) is 13.8 Å². The van der Waals surface area contributed by atoms with Gasteiger partial charge in [-0.3, -0.25) is 9.36 Å². The Bertz CT molecular complexity index is 1300. The van der Waals surface area contributed by atoms with Crippen molar-refractivity contribution in [3.8, 4) is 0 Å². The van der Waals surface area contributed by atoms with Crippen LogP contribution in [0.3, 0.4) is 0 Å². The van der Waals surface area contributed by atoms with E-state index < -0.39 is 15.8 Å². The minimum atomic E-state index is -3.65. The number of piperidine rings is 1. The standard InChI is InChI=1S/C22H25N3O5S/c1-15-6-7-17(12-16(15)2)23-21(26)14-25-19-9-8-18(13-20(19)30-22(25)27)31(28,29)24-10-4-3-5-11-24/h6-9,12-13H,3-5,10-11,14H2,1-2H3,(H,23,26). The zero-order valence-corrected chi connectivity index (χ0v) is 18.4. The number of hydrogen-bond acceptors (Lipinski definition) is 5. The van der Waals surface area contributed by atoms with Gasteiger partial charge in [-0.05, 0) is 62.1 Å². The molecule has 31 heavy (non-hydrogen) atoms. The van der Waals surface area contributed by atoms with Gasteiger partial charge < -0.3 is 9.73 Å². The Balaban J connectivity index is 1.58. The lowest BCUT2D eigenvalue weighted by Gasteiger charge is -2.25. The summed E-state index contributed by atoms with van der Waals surface area (Å²) in [6, 6.07) is 9.90. The highest BCUT2D eigenvalue weighted by molar-refractivity contribution is 7.89. The summed E-state index contributed by atoms with van der Waals surface area (Å²) in [4.78, 5) is 24.9. The topological polar surface area (TPSA) is 102 Å². The number of fused-ring (bicyclic) bond motifs is 1. The van der Waals surface area contributed by atoms with E-state index in [0.29, 0.717) is 24.3 Å². The number of anilines is 1. The highest BCUT2D eigenvalue weighted by Crippen LogP contribution is 2.24. The summed E-state index contributed by atoms with van der Waals surface area (Å²) >= 11 is 0. The number of benzene rings is 2. The Kier molecular flexibility index (Phi) is 5.72. The number of nitrogens with one attached hydrogen (secondary N) is 1. The van der Waals surface area contributed by atoms with Crippen LogP contribution in [0.4, 0.5) is 5.69 Å². The number of oxazole rings is 1. The maximum absolute atomic E-state index is 12.9. The molecule has 1 fully saturated rings. The predicted molar refractivity (Wildman–Crippen MR) is 118 cm³/mol. The number of aromatic nitrogens is 1. The monoisotopic (exact) mass is 443 g/mol. The molecule has 9 heteroatoms. The molecule has 1 aromatic heterocycles. The lowest BCUT2D eigenvalue weighted by Crippen LogP contribution is -2.35. The normalized spacial score (nSPS) is 15.3. The lowest BCUT2D eigenvalue weighted by molar-refractivity contribution is -0.116. The van der Waals surface area contributed by atoms with E-state index in [9.17, 15) is 18.0 Å². The highest BCUT2D eigenvalue weighted by atomic mass is 32.2. The van der Waals surface area contributed by atoms with Gasteiger partial charge in [0.25, 0.3) is 0 Å². The summed E-state index contributed by atoms with van der Waals surface area (Å²) in [6.45, 7) is 4.68. The van der Waals surface area contributed by atoms with E-state index in [1.54, 1.807) is 6.07 Å². The first-order valence-corrected chi connectivity index (χ1v) is 11.7. The molecule has 1 amide bonds. The van der Waals surface area contributed by atoms with Gasteiger partial charge >= 0.3 is 5.76 Å². The second-order valence-corrected chi connectivity index (χ2v) is 9.83. The van der Waals surface area contributed by atoms with Gasteiger partial charge in [0.05, 0.1) is 10.4 Å². The van der Waals surface area contributed by atoms with E-state index in [-0.39, 0.29) is 22.9 Å². The molecular weight excluding hydrogens is 418 g/mol. The Hall–Kier alpha value is -2.91. The molecule has 1 N–H and O–H groups in total. The van der Waals surface area contributed by atoms with Gasteiger partial charge in [0.15, 0.2) is 5.58 Å². The van der Waals surface area contributed by atoms with Gasteiger partial charge in [-0.1, -0.05) is 12.5 Å². The van der Waals surface area contributed by atoms with E-state index in [1.165, 1.54) is 27.1 Å². The Morgan fingerprint density at radius 3 is 2.48 bits per heavy atom. The zero-order valence-electron chi connectivity index (χ0n) is 17.6. The SMILES string of the molecule is Cc1ccc(NC(=O)Cn2c(=O)oc3cc(S(=O)(=O)N4CCCCC4)ccc32)cc1C. The number of rotatable bonds is 5. The van der Waals surface area contributed by atoms with Crippen LogP contribution in [0.5, 0.6) is 0 Å². The molecule has 2 heterocycles. The number of aryl methyl sites for hydroxylation is 2. The molecular formula is C22H25N3O5S. The number of sulfonamides is 1. The van der Waals surface area contributed by atoms with Crippen LogP contribution in [0.25, 0.3) is 11.1 Å². The Morgan fingerprint density at radius 2 is 1.77 bits per heavy atom. The van der Waals surface area contributed by atoms with Gasteiger partial charge in [-0.15, -0.1) is 0 Å². The number of carbonyl (C=O) groups is 1. The van der Waals surface area contributed by atoms with Crippen LogP contribution in [0.2, 0.25) is 0 Å². The third-order valence-corrected chi connectivity index (χ3v) is 7.58. The molecule has 0 aliphatic carbocycles. The van der Waals surface area contributed by atoms with E-state index in [2.05, 4.69) is 5.32 Å². The molecule has 4 rings (SSSR count). The van der Waals surface area contributed by atoms with Gasteiger partial charge in [-0.2, -0.15) is 4.31 Å². The zero-order chi connectivity index (χ0) is 22.2. The number of nitrogens with zero attached hydrogens (tertiary/aromatic N) is 2. The van der Waals surface area contributed by atoms with Crippen LogP contribution in [-0.2, 0) is 21.4 Å². The molecule has 3 aromatic rings. The van der Waals surface area contributed by atoms with Gasteiger partial charge in [0, 0.05) is 24.8 Å². The number of amides is 1. The minimum Gasteiger partial charge on any atom is -0.408 e. The Morgan fingerprint density at radius 1 is 1.03 bits per heavy atom. The van der Waals surface area contributed by atoms with Crippen LogP contribution < -0.4 is 11.1 Å². The van der Waals surface area contributed by atoms with Crippen molar-refractivity contribution in [2.24, 2.45) is 0 Å².